The molecule has 0 spiro atoms. The highest BCUT2D eigenvalue weighted by Crippen LogP contribution is 2.13. The van der Waals surface area contributed by atoms with Crippen LogP contribution in [-0.4, -0.2) is 8.42 Å². The minimum absolute atomic E-state index is 0.0227. The fraction of sp³-hybridized carbons (Fsp3) is 0.0769. The summed E-state index contributed by atoms with van der Waals surface area (Å²) >= 11 is 0. The third-order valence-electron chi connectivity index (χ3n) is 2.52. The number of sulfonamides is 1. The molecule has 0 aliphatic rings. The van der Waals surface area contributed by atoms with Crippen molar-refractivity contribution in [2.75, 3.05) is 5.73 Å². The van der Waals surface area contributed by atoms with Gasteiger partial charge >= 0.3 is 0 Å². The van der Waals surface area contributed by atoms with E-state index < -0.39 is 15.8 Å². The van der Waals surface area contributed by atoms with Gasteiger partial charge in [0.25, 0.3) is 0 Å². The van der Waals surface area contributed by atoms with Gasteiger partial charge in [-0.25, -0.2) is 17.5 Å². The lowest BCUT2D eigenvalue weighted by Crippen LogP contribution is -2.23. The van der Waals surface area contributed by atoms with Gasteiger partial charge in [0.15, 0.2) is 0 Å². The van der Waals surface area contributed by atoms with Crippen LogP contribution in [0.15, 0.2) is 53.4 Å². The number of rotatable bonds is 4. The fourth-order valence-corrected chi connectivity index (χ4v) is 2.66. The number of hydrogen-bond donors (Lipinski definition) is 2. The third kappa shape index (κ3) is 3.52. The average Bonchev–Trinajstić information content (AvgIpc) is 2.37. The molecule has 2 rings (SSSR count). The molecule has 0 bridgehead atoms. The Balaban J connectivity index is 2.14. The second-order valence-electron chi connectivity index (χ2n) is 4.03. The number of hydrogen-bond acceptors (Lipinski definition) is 3. The summed E-state index contributed by atoms with van der Waals surface area (Å²) < 4.78 is 39.3. The minimum Gasteiger partial charge on any atom is -0.399 e. The van der Waals surface area contributed by atoms with Crippen LogP contribution in [0.3, 0.4) is 0 Å². The number of halogens is 1. The van der Waals surface area contributed by atoms with Gasteiger partial charge in [-0.1, -0.05) is 18.2 Å². The molecule has 0 heterocycles. The summed E-state index contributed by atoms with van der Waals surface area (Å²) in [4.78, 5) is 0.0869. The lowest BCUT2D eigenvalue weighted by Gasteiger charge is -2.07. The number of nitrogens with two attached hydrogens (primary N) is 1. The van der Waals surface area contributed by atoms with Gasteiger partial charge in [0.05, 0.1) is 4.90 Å². The molecule has 3 N–H and O–H groups in total. The van der Waals surface area contributed by atoms with E-state index >= 15 is 0 Å². The van der Waals surface area contributed by atoms with E-state index in [1.807, 2.05) is 0 Å². The summed E-state index contributed by atoms with van der Waals surface area (Å²) in [5.41, 5.74) is 6.46. The first-order chi connectivity index (χ1) is 8.97. The predicted molar refractivity (Wildman–Crippen MR) is 71.3 cm³/mol. The van der Waals surface area contributed by atoms with E-state index in [0.717, 1.165) is 0 Å². The molecule has 0 saturated heterocycles. The molecule has 4 nitrogen and oxygen atoms in total. The molecule has 0 atom stereocenters. The van der Waals surface area contributed by atoms with Crippen LogP contribution < -0.4 is 10.5 Å². The number of nitrogens with one attached hydrogen (secondary N) is 1. The Morgan fingerprint density at radius 2 is 1.84 bits per heavy atom. The topological polar surface area (TPSA) is 72.2 Å². The molecule has 0 aliphatic carbocycles. The molecule has 0 fully saturated rings. The zero-order valence-electron chi connectivity index (χ0n) is 10.0. The summed E-state index contributed by atoms with van der Waals surface area (Å²) in [7, 11) is -3.65. The van der Waals surface area contributed by atoms with Crippen LogP contribution in [-0.2, 0) is 16.6 Å². The van der Waals surface area contributed by atoms with Gasteiger partial charge in [-0.3, -0.25) is 0 Å². The van der Waals surface area contributed by atoms with Crippen LogP contribution in [0.1, 0.15) is 5.56 Å². The van der Waals surface area contributed by atoms with E-state index in [2.05, 4.69) is 4.72 Å². The Kier molecular flexibility index (Phi) is 3.82. The molecule has 0 amide bonds. The maximum Gasteiger partial charge on any atom is 0.240 e. The molecule has 0 aliphatic heterocycles. The molecule has 0 saturated carbocycles. The highest BCUT2D eigenvalue weighted by atomic mass is 32.2. The third-order valence-corrected chi connectivity index (χ3v) is 3.92. The molecule has 0 radical (unpaired) electrons. The first-order valence-electron chi connectivity index (χ1n) is 5.57. The second-order valence-corrected chi connectivity index (χ2v) is 5.79. The van der Waals surface area contributed by atoms with Gasteiger partial charge in [-0.2, -0.15) is 0 Å². The predicted octanol–water partition coefficient (Wildman–Crippen LogP) is 1.89. The molecule has 0 unspecified atom stereocenters. The van der Waals surface area contributed by atoms with Crippen LogP contribution in [0.5, 0.6) is 0 Å². The summed E-state index contributed by atoms with van der Waals surface area (Å²) in [6.07, 6.45) is 0. The lowest BCUT2D eigenvalue weighted by atomic mass is 10.2. The fourth-order valence-electron chi connectivity index (χ4n) is 1.59. The number of benzene rings is 2. The largest absolute Gasteiger partial charge is 0.399 e. The van der Waals surface area contributed by atoms with Gasteiger partial charge in [-0.05, 0) is 35.9 Å². The summed E-state index contributed by atoms with van der Waals surface area (Å²) in [5, 5.41) is 0. The standard InChI is InChI=1S/C13H13FN2O2S/c14-11-4-1-3-10(7-11)9-16-19(17,18)13-6-2-5-12(15)8-13/h1-8,16H,9,15H2. The van der Waals surface area contributed by atoms with Crippen LogP contribution in [0.2, 0.25) is 0 Å². The second kappa shape index (κ2) is 5.38. The molecule has 19 heavy (non-hydrogen) atoms. The van der Waals surface area contributed by atoms with E-state index in [1.165, 1.54) is 30.3 Å². The monoisotopic (exact) mass is 280 g/mol. The van der Waals surface area contributed by atoms with Gasteiger partial charge in [0.2, 0.25) is 10.0 Å². The van der Waals surface area contributed by atoms with Crippen LogP contribution in [0.4, 0.5) is 10.1 Å². The van der Waals surface area contributed by atoms with Crippen LogP contribution in [0.25, 0.3) is 0 Å². The molecule has 100 valence electrons. The Bertz CT molecular complexity index is 687. The quantitative estimate of drug-likeness (QED) is 0.840. The van der Waals surface area contributed by atoms with Crippen molar-refractivity contribution in [1.82, 2.24) is 4.72 Å². The van der Waals surface area contributed by atoms with Crippen molar-refractivity contribution in [3.8, 4) is 0 Å². The average molecular weight is 280 g/mol. The van der Waals surface area contributed by atoms with Gasteiger partial charge in [-0.15, -0.1) is 0 Å². The SMILES string of the molecule is Nc1cccc(S(=O)(=O)NCc2cccc(F)c2)c1. The molecule has 0 aromatic heterocycles. The van der Waals surface area contributed by atoms with E-state index in [9.17, 15) is 12.8 Å². The van der Waals surface area contributed by atoms with Crippen LogP contribution >= 0.6 is 0 Å². The van der Waals surface area contributed by atoms with Crippen molar-refractivity contribution >= 4 is 15.7 Å². The van der Waals surface area contributed by atoms with Crippen molar-refractivity contribution in [1.29, 1.82) is 0 Å². The molecule has 6 heteroatoms. The first-order valence-corrected chi connectivity index (χ1v) is 7.05. The van der Waals surface area contributed by atoms with Crippen LogP contribution in [0, 0.1) is 5.82 Å². The molecular weight excluding hydrogens is 267 g/mol. The number of nitrogen functional groups attached to an aromatic ring is 1. The Hall–Kier alpha value is -1.92. The molecular formula is C13H13FN2O2S. The van der Waals surface area contributed by atoms with E-state index in [4.69, 9.17) is 5.73 Å². The maximum atomic E-state index is 13.0. The first kappa shape index (κ1) is 13.5. The van der Waals surface area contributed by atoms with Gasteiger partial charge in [0.1, 0.15) is 5.82 Å². The highest BCUT2D eigenvalue weighted by molar-refractivity contribution is 7.89. The van der Waals surface area contributed by atoms with Crippen molar-refractivity contribution in [3.05, 3.63) is 59.9 Å². The smallest absolute Gasteiger partial charge is 0.240 e. The lowest BCUT2D eigenvalue weighted by molar-refractivity contribution is 0.580. The normalized spacial score (nSPS) is 11.4. The van der Waals surface area contributed by atoms with E-state index in [0.29, 0.717) is 11.3 Å². The van der Waals surface area contributed by atoms with E-state index in [1.54, 1.807) is 18.2 Å². The zero-order chi connectivity index (χ0) is 13.9. The highest BCUT2D eigenvalue weighted by Gasteiger charge is 2.13. The molecule has 2 aromatic rings. The van der Waals surface area contributed by atoms with Gasteiger partial charge < -0.3 is 5.73 Å². The minimum atomic E-state index is -3.65. The zero-order valence-corrected chi connectivity index (χ0v) is 10.8. The van der Waals surface area contributed by atoms with E-state index in [-0.39, 0.29) is 11.4 Å². The summed E-state index contributed by atoms with van der Waals surface area (Å²) in [6.45, 7) is 0.0227. The molecule has 2 aromatic carbocycles. The van der Waals surface area contributed by atoms with Crippen molar-refractivity contribution in [2.45, 2.75) is 11.4 Å². The summed E-state index contributed by atoms with van der Waals surface area (Å²) in [6, 6.07) is 11.7. The van der Waals surface area contributed by atoms with Crippen molar-refractivity contribution in [3.63, 3.8) is 0 Å². The van der Waals surface area contributed by atoms with Crippen molar-refractivity contribution in [2.24, 2.45) is 0 Å². The maximum absolute atomic E-state index is 13.0. The number of anilines is 1. The Morgan fingerprint density at radius 1 is 1.11 bits per heavy atom. The summed E-state index contributed by atoms with van der Waals surface area (Å²) in [5.74, 6) is -0.402. The van der Waals surface area contributed by atoms with Gasteiger partial charge in [0, 0.05) is 12.2 Å². The Labute approximate surface area is 111 Å². The van der Waals surface area contributed by atoms with Crippen molar-refractivity contribution < 1.29 is 12.8 Å². The Morgan fingerprint density at radius 3 is 2.53 bits per heavy atom.